The van der Waals surface area contributed by atoms with Gasteiger partial charge in [-0.1, -0.05) is 17.8 Å². The van der Waals surface area contributed by atoms with Crippen molar-refractivity contribution in [2.24, 2.45) is 0 Å². The molecule has 0 amide bonds. The van der Waals surface area contributed by atoms with Crippen molar-refractivity contribution in [2.45, 2.75) is 17.5 Å². The summed E-state index contributed by atoms with van der Waals surface area (Å²) in [4.78, 5) is 19.9. The molecule has 0 spiro atoms. The molecule has 0 atom stereocenters. The maximum absolute atomic E-state index is 12.5. The number of rotatable bonds is 8. The first-order valence-electron chi connectivity index (χ1n) is 9.00. The largest absolute Gasteiger partial charge is 0.493 e. The molecule has 4 rings (SSSR count). The zero-order valence-corrected chi connectivity index (χ0v) is 17.2. The molecule has 154 valence electrons. The second-order valence-corrected chi connectivity index (χ2v) is 7.15. The Bertz CT molecular complexity index is 1250. The van der Waals surface area contributed by atoms with Crippen LogP contribution in [-0.4, -0.2) is 39.0 Å². The van der Waals surface area contributed by atoms with Crippen molar-refractivity contribution in [2.75, 3.05) is 14.2 Å². The molecule has 0 bridgehead atoms. The van der Waals surface area contributed by atoms with Crippen molar-refractivity contribution in [3.8, 4) is 23.1 Å². The highest BCUT2D eigenvalue weighted by molar-refractivity contribution is 7.98. The molecule has 0 aliphatic heterocycles. The van der Waals surface area contributed by atoms with E-state index in [9.17, 15) is 4.79 Å². The van der Waals surface area contributed by atoms with E-state index in [1.807, 2.05) is 10.6 Å². The van der Waals surface area contributed by atoms with E-state index in [1.54, 1.807) is 30.5 Å². The summed E-state index contributed by atoms with van der Waals surface area (Å²) in [5, 5.41) is 9.57. The van der Waals surface area contributed by atoms with Crippen molar-refractivity contribution >= 4 is 22.7 Å². The zero-order valence-electron chi connectivity index (χ0n) is 16.4. The lowest BCUT2D eigenvalue weighted by Crippen LogP contribution is -2.12. The van der Waals surface area contributed by atoms with Crippen molar-refractivity contribution in [1.82, 2.24) is 24.7 Å². The van der Waals surface area contributed by atoms with Gasteiger partial charge in [0.15, 0.2) is 22.4 Å². The van der Waals surface area contributed by atoms with Crippen LogP contribution in [0.1, 0.15) is 5.82 Å². The molecule has 0 aliphatic carbocycles. The van der Waals surface area contributed by atoms with Crippen LogP contribution < -0.4 is 15.0 Å². The molecule has 0 fully saturated rings. The van der Waals surface area contributed by atoms with Crippen LogP contribution in [0.3, 0.4) is 0 Å². The average molecular weight is 425 g/mol. The summed E-state index contributed by atoms with van der Waals surface area (Å²) in [6.45, 7) is 4.31. The number of fused-ring (bicyclic) bond motifs is 1. The Balaban J connectivity index is 1.64. The number of hydrogen-bond donors (Lipinski definition) is 1. The molecule has 1 aromatic carbocycles. The van der Waals surface area contributed by atoms with Crippen LogP contribution >= 0.6 is 11.8 Å². The van der Waals surface area contributed by atoms with E-state index >= 15 is 0 Å². The Morgan fingerprint density at radius 1 is 1.27 bits per heavy atom. The van der Waals surface area contributed by atoms with Crippen LogP contribution in [0.25, 0.3) is 22.5 Å². The number of nitrogens with zero attached hydrogens (tertiary/aromatic N) is 4. The minimum Gasteiger partial charge on any atom is -0.493 e. The lowest BCUT2D eigenvalue weighted by Gasteiger charge is -2.09. The standard InChI is InChI=1S/C20H19N5O4S/c1-4-7-25-18(14-6-5-8-29-14)23-24-20(25)30-11-17-21-13-10-16(28-3)15(27-2)9-12(13)19(26)22-17/h4-6,8-10H,1,7,11H2,2-3H3,(H,21,22,26). The Morgan fingerprint density at radius 3 is 2.77 bits per heavy atom. The van der Waals surface area contributed by atoms with Gasteiger partial charge in [-0.05, 0) is 18.2 Å². The van der Waals surface area contributed by atoms with Crippen molar-refractivity contribution in [3.63, 3.8) is 0 Å². The number of aromatic amines is 1. The number of hydrogen-bond acceptors (Lipinski definition) is 8. The predicted molar refractivity (Wildman–Crippen MR) is 113 cm³/mol. The van der Waals surface area contributed by atoms with E-state index in [0.29, 0.717) is 57.3 Å². The summed E-state index contributed by atoms with van der Waals surface area (Å²) in [5.74, 6) is 3.12. The number of H-pyrrole nitrogens is 1. The molecule has 4 aromatic rings. The minimum absolute atomic E-state index is 0.250. The Kier molecular flexibility index (Phi) is 5.57. The van der Waals surface area contributed by atoms with Gasteiger partial charge in [0, 0.05) is 12.6 Å². The molecule has 0 saturated heterocycles. The predicted octanol–water partition coefficient (Wildman–Crippen LogP) is 3.27. The topological polar surface area (TPSA) is 108 Å². The highest BCUT2D eigenvalue weighted by Gasteiger charge is 2.17. The van der Waals surface area contributed by atoms with Gasteiger partial charge in [-0.25, -0.2) is 4.98 Å². The lowest BCUT2D eigenvalue weighted by atomic mass is 10.2. The molecule has 0 saturated carbocycles. The van der Waals surface area contributed by atoms with Crippen LogP contribution in [0.15, 0.2) is 57.6 Å². The third kappa shape index (κ3) is 3.69. The van der Waals surface area contributed by atoms with Gasteiger partial charge in [0.05, 0.1) is 37.1 Å². The van der Waals surface area contributed by atoms with Gasteiger partial charge in [0.25, 0.3) is 5.56 Å². The molecule has 0 aliphatic rings. The number of thioether (sulfide) groups is 1. The monoisotopic (exact) mass is 425 g/mol. The number of nitrogens with one attached hydrogen (secondary N) is 1. The van der Waals surface area contributed by atoms with Crippen LogP contribution in [0.2, 0.25) is 0 Å². The zero-order chi connectivity index (χ0) is 21.1. The average Bonchev–Trinajstić information content (AvgIpc) is 3.41. The summed E-state index contributed by atoms with van der Waals surface area (Å²) in [5.41, 5.74) is 0.274. The number of allylic oxidation sites excluding steroid dienone is 1. The third-order valence-corrected chi connectivity index (χ3v) is 5.35. The molecule has 3 aromatic heterocycles. The summed E-state index contributed by atoms with van der Waals surface area (Å²) < 4.78 is 17.9. The Labute approximate surface area is 175 Å². The van der Waals surface area contributed by atoms with Crippen LogP contribution in [0, 0.1) is 0 Å². The fraction of sp³-hybridized carbons (Fsp3) is 0.200. The first-order valence-corrected chi connectivity index (χ1v) is 9.99. The summed E-state index contributed by atoms with van der Waals surface area (Å²) in [7, 11) is 3.06. The molecule has 1 N–H and O–H groups in total. The van der Waals surface area contributed by atoms with Gasteiger partial charge < -0.3 is 18.9 Å². The summed E-state index contributed by atoms with van der Waals surface area (Å²) in [6.07, 6.45) is 3.34. The number of methoxy groups -OCH3 is 2. The molecular formula is C20H19N5O4S. The Hall–Kier alpha value is -3.53. The fourth-order valence-electron chi connectivity index (χ4n) is 2.99. The molecule has 10 heteroatoms. The fourth-order valence-corrected chi connectivity index (χ4v) is 3.81. The first-order chi connectivity index (χ1) is 14.6. The van der Waals surface area contributed by atoms with Crippen LogP contribution in [0.5, 0.6) is 11.5 Å². The smallest absolute Gasteiger partial charge is 0.258 e. The van der Waals surface area contributed by atoms with Crippen LogP contribution in [-0.2, 0) is 12.3 Å². The highest BCUT2D eigenvalue weighted by atomic mass is 32.2. The van der Waals surface area contributed by atoms with Gasteiger partial charge >= 0.3 is 0 Å². The quantitative estimate of drug-likeness (QED) is 0.338. The first kappa shape index (κ1) is 19.8. The van der Waals surface area contributed by atoms with Crippen molar-refractivity contribution in [1.29, 1.82) is 0 Å². The molecule has 0 radical (unpaired) electrons. The van der Waals surface area contributed by atoms with E-state index in [0.717, 1.165) is 0 Å². The summed E-state index contributed by atoms with van der Waals surface area (Å²) in [6, 6.07) is 6.92. The number of ether oxygens (including phenoxy) is 2. The SMILES string of the molecule is C=CCn1c(SCc2nc3cc(OC)c(OC)cc3c(=O)[nH]2)nnc1-c1ccco1. The van der Waals surface area contributed by atoms with Gasteiger partial charge in [-0.15, -0.1) is 16.8 Å². The maximum atomic E-state index is 12.5. The third-order valence-electron chi connectivity index (χ3n) is 4.37. The van der Waals surface area contributed by atoms with Gasteiger partial charge in [0.2, 0.25) is 5.82 Å². The maximum Gasteiger partial charge on any atom is 0.258 e. The van der Waals surface area contributed by atoms with E-state index in [1.165, 1.54) is 26.0 Å². The van der Waals surface area contributed by atoms with Crippen molar-refractivity contribution < 1.29 is 13.9 Å². The second-order valence-electron chi connectivity index (χ2n) is 6.21. The highest BCUT2D eigenvalue weighted by Crippen LogP contribution is 2.30. The molecule has 3 heterocycles. The van der Waals surface area contributed by atoms with Gasteiger partial charge in [0.1, 0.15) is 5.82 Å². The van der Waals surface area contributed by atoms with E-state index < -0.39 is 0 Å². The van der Waals surface area contributed by atoms with Gasteiger partial charge in [-0.2, -0.15) is 0 Å². The van der Waals surface area contributed by atoms with E-state index in [-0.39, 0.29) is 5.56 Å². The number of furan rings is 1. The Morgan fingerprint density at radius 2 is 2.07 bits per heavy atom. The number of benzene rings is 1. The minimum atomic E-state index is -0.250. The van der Waals surface area contributed by atoms with Crippen LogP contribution in [0.4, 0.5) is 0 Å². The lowest BCUT2D eigenvalue weighted by molar-refractivity contribution is 0.355. The van der Waals surface area contributed by atoms with E-state index in [4.69, 9.17) is 13.9 Å². The van der Waals surface area contributed by atoms with Crippen molar-refractivity contribution in [3.05, 3.63) is 59.4 Å². The normalized spacial score (nSPS) is 11.0. The number of aromatic nitrogens is 5. The van der Waals surface area contributed by atoms with Gasteiger partial charge in [-0.3, -0.25) is 9.36 Å². The molecule has 9 nitrogen and oxygen atoms in total. The molecular weight excluding hydrogens is 406 g/mol. The molecule has 30 heavy (non-hydrogen) atoms. The summed E-state index contributed by atoms with van der Waals surface area (Å²) >= 11 is 1.40. The molecule has 0 unspecified atom stereocenters. The second kappa shape index (κ2) is 8.46. The van der Waals surface area contributed by atoms with E-state index in [2.05, 4.69) is 26.7 Å².